The summed E-state index contributed by atoms with van der Waals surface area (Å²) in [5, 5.41) is 10.5. The molecule has 1 fully saturated rings. The molecule has 2 N–H and O–H groups in total. The smallest absolute Gasteiger partial charge is 0.224 e. The van der Waals surface area contributed by atoms with E-state index in [9.17, 15) is 4.79 Å². The molecule has 1 unspecified atom stereocenters. The fourth-order valence-electron chi connectivity index (χ4n) is 2.41. The van der Waals surface area contributed by atoms with Gasteiger partial charge in [0.05, 0.1) is 11.9 Å². The van der Waals surface area contributed by atoms with E-state index in [1.54, 1.807) is 6.20 Å². The summed E-state index contributed by atoms with van der Waals surface area (Å²) in [6.07, 6.45) is 7.63. The number of hydrogen-bond donors (Lipinski definition) is 2. The molecule has 0 saturated carbocycles. The van der Waals surface area contributed by atoms with Gasteiger partial charge in [-0.1, -0.05) is 0 Å². The molecular formula is C14H24N4O. The quantitative estimate of drug-likeness (QED) is 0.857. The lowest BCUT2D eigenvalue weighted by Gasteiger charge is -2.22. The molecule has 0 aromatic carbocycles. The van der Waals surface area contributed by atoms with Crippen LogP contribution >= 0.6 is 0 Å². The zero-order valence-corrected chi connectivity index (χ0v) is 11.9. The van der Waals surface area contributed by atoms with Crippen LogP contribution in [0.2, 0.25) is 0 Å². The first-order valence-corrected chi connectivity index (χ1v) is 7.20. The normalized spacial score (nSPS) is 19.6. The highest BCUT2D eigenvalue weighted by Gasteiger charge is 2.14. The van der Waals surface area contributed by atoms with Gasteiger partial charge in [-0.2, -0.15) is 5.10 Å². The van der Waals surface area contributed by atoms with E-state index in [2.05, 4.69) is 29.6 Å². The number of nitrogens with one attached hydrogen (secondary N) is 2. The molecule has 5 nitrogen and oxygen atoms in total. The molecule has 1 atom stereocenters. The first-order chi connectivity index (χ1) is 9.15. The fraction of sp³-hybridized carbons (Fsp3) is 0.714. The minimum atomic E-state index is 0.0916. The Morgan fingerprint density at radius 2 is 2.47 bits per heavy atom. The predicted molar refractivity (Wildman–Crippen MR) is 76.1 cm³/mol. The molecule has 19 heavy (non-hydrogen) atoms. The highest BCUT2D eigenvalue weighted by molar-refractivity contribution is 5.90. The lowest BCUT2D eigenvalue weighted by Crippen LogP contribution is -2.30. The first kappa shape index (κ1) is 14.1. The molecule has 2 heterocycles. The van der Waals surface area contributed by atoms with Gasteiger partial charge in [0, 0.05) is 18.7 Å². The molecule has 1 amide bonds. The van der Waals surface area contributed by atoms with Crippen LogP contribution in [0.25, 0.3) is 0 Å². The van der Waals surface area contributed by atoms with Crippen molar-refractivity contribution in [2.45, 2.75) is 45.6 Å². The molecular weight excluding hydrogens is 240 g/mol. The summed E-state index contributed by atoms with van der Waals surface area (Å²) in [6, 6.07) is 0.318. The van der Waals surface area contributed by atoms with Crippen LogP contribution in [0.3, 0.4) is 0 Å². The third kappa shape index (κ3) is 4.35. The van der Waals surface area contributed by atoms with Gasteiger partial charge in [0.15, 0.2) is 0 Å². The van der Waals surface area contributed by atoms with Crippen molar-refractivity contribution in [2.24, 2.45) is 5.92 Å². The standard InChI is InChI=1S/C14H24N4O/c1-11(2)18-10-13(9-16-18)17-14(19)6-5-12-4-3-7-15-8-12/h9-12,15H,3-8H2,1-2H3,(H,17,19). The maximum Gasteiger partial charge on any atom is 0.224 e. The van der Waals surface area contributed by atoms with E-state index in [1.807, 2.05) is 10.9 Å². The van der Waals surface area contributed by atoms with Crippen molar-refractivity contribution in [1.29, 1.82) is 0 Å². The Bertz CT molecular complexity index is 407. The second kappa shape index (κ2) is 6.70. The summed E-state index contributed by atoms with van der Waals surface area (Å²) in [7, 11) is 0. The van der Waals surface area contributed by atoms with Gasteiger partial charge in [-0.15, -0.1) is 0 Å². The molecule has 0 radical (unpaired) electrons. The van der Waals surface area contributed by atoms with Gasteiger partial charge in [-0.3, -0.25) is 9.48 Å². The van der Waals surface area contributed by atoms with Gasteiger partial charge < -0.3 is 10.6 Å². The number of carbonyl (C=O) groups is 1. The topological polar surface area (TPSA) is 59.0 Å². The van der Waals surface area contributed by atoms with Gasteiger partial charge in [0.25, 0.3) is 0 Å². The number of hydrogen-bond acceptors (Lipinski definition) is 3. The Balaban J connectivity index is 1.73. The highest BCUT2D eigenvalue weighted by atomic mass is 16.1. The Kier molecular flexibility index (Phi) is 4.96. The zero-order chi connectivity index (χ0) is 13.7. The van der Waals surface area contributed by atoms with E-state index in [4.69, 9.17) is 0 Å². The van der Waals surface area contributed by atoms with E-state index in [-0.39, 0.29) is 5.91 Å². The Morgan fingerprint density at radius 1 is 1.63 bits per heavy atom. The van der Waals surface area contributed by atoms with Crippen LogP contribution in [0.4, 0.5) is 5.69 Å². The van der Waals surface area contributed by atoms with Crippen LogP contribution in [0.5, 0.6) is 0 Å². The monoisotopic (exact) mass is 264 g/mol. The summed E-state index contributed by atoms with van der Waals surface area (Å²) >= 11 is 0. The van der Waals surface area contributed by atoms with Gasteiger partial charge >= 0.3 is 0 Å². The molecule has 5 heteroatoms. The third-order valence-corrected chi connectivity index (χ3v) is 3.59. The van der Waals surface area contributed by atoms with Crippen molar-refractivity contribution in [3.05, 3.63) is 12.4 Å². The van der Waals surface area contributed by atoms with Crippen LogP contribution in [0.15, 0.2) is 12.4 Å². The van der Waals surface area contributed by atoms with E-state index in [0.29, 0.717) is 18.4 Å². The van der Waals surface area contributed by atoms with E-state index < -0.39 is 0 Å². The molecule has 106 valence electrons. The van der Waals surface area contributed by atoms with Crippen molar-refractivity contribution in [3.63, 3.8) is 0 Å². The molecule has 1 aromatic rings. The number of rotatable bonds is 5. The predicted octanol–water partition coefficient (Wildman–Crippen LogP) is 2.18. The molecule has 2 rings (SSSR count). The lowest BCUT2D eigenvalue weighted by molar-refractivity contribution is -0.116. The summed E-state index contributed by atoms with van der Waals surface area (Å²) in [5.74, 6) is 0.742. The van der Waals surface area contributed by atoms with E-state index >= 15 is 0 Å². The minimum Gasteiger partial charge on any atom is -0.323 e. The van der Waals surface area contributed by atoms with Gasteiger partial charge in [-0.25, -0.2) is 0 Å². The minimum absolute atomic E-state index is 0.0916. The summed E-state index contributed by atoms with van der Waals surface area (Å²) in [6.45, 7) is 6.30. The van der Waals surface area contributed by atoms with Crippen molar-refractivity contribution in [2.75, 3.05) is 18.4 Å². The summed E-state index contributed by atoms with van der Waals surface area (Å²) < 4.78 is 1.85. The van der Waals surface area contributed by atoms with Crippen LogP contribution in [0.1, 0.15) is 45.6 Å². The van der Waals surface area contributed by atoms with Gasteiger partial charge in [0.2, 0.25) is 5.91 Å². The third-order valence-electron chi connectivity index (χ3n) is 3.59. The van der Waals surface area contributed by atoms with E-state index in [0.717, 1.165) is 25.2 Å². The number of anilines is 1. The second-order valence-electron chi connectivity index (χ2n) is 5.60. The molecule has 0 bridgehead atoms. The van der Waals surface area contributed by atoms with Crippen LogP contribution in [0, 0.1) is 5.92 Å². The summed E-state index contributed by atoms with van der Waals surface area (Å²) in [5.41, 5.74) is 0.792. The highest BCUT2D eigenvalue weighted by Crippen LogP contribution is 2.17. The van der Waals surface area contributed by atoms with E-state index in [1.165, 1.54) is 12.8 Å². The van der Waals surface area contributed by atoms with Gasteiger partial charge in [0.1, 0.15) is 0 Å². The summed E-state index contributed by atoms with van der Waals surface area (Å²) in [4.78, 5) is 11.9. The number of nitrogens with zero attached hydrogens (tertiary/aromatic N) is 2. The van der Waals surface area contributed by atoms with Crippen molar-refractivity contribution < 1.29 is 4.79 Å². The lowest BCUT2D eigenvalue weighted by atomic mass is 9.94. The van der Waals surface area contributed by atoms with Crippen LogP contribution in [-0.2, 0) is 4.79 Å². The Morgan fingerprint density at radius 3 is 3.11 bits per heavy atom. The van der Waals surface area contributed by atoms with Crippen molar-refractivity contribution in [3.8, 4) is 0 Å². The molecule has 0 aliphatic carbocycles. The van der Waals surface area contributed by atoms with Crippen LogP contribution < -0.4 is 10.6 Å². The van der Waals surface area contributed by atoms with Crippen molar-refractivity contribution >= 4 is 11.6 Å². The Hall–Kier alpha value is -1.36. The maximum atomic E-state index is 11.9. The van der Waals surface area contributed by atoms with Crippen LogP contribution in [-0.4, -0.2) is 28.8 Å². The molecule has 1 aromatic heterocycles. The Labute approximate surface area is 114 Å². The molecule has 1 aliphatic rings. The number of amides is 1. The number of piperidine rings is 1. The largest absolute Gasteiger partial charge is 0.323 e. The SMILES string of the molecule is CC(C)n1cc(NC(=O)CCC2CCCNC2)cn1. The first-order valence-electron chi connectivity index (χ1n) is 7.20. The zero-order valence-electron chi connectivity index (χ0n) is 11.9. The maximum absolute atomic E-state index is 11.9. The van der Waals surface area contributed by atoms with Gasteiger partial charge in [-0.05, 0) is 52.1 Å². The average Bonchev–Trinajstić information content (AvgIpc) is 2.86. The fourth-order valence-corrected chi connectivity index (χ4v) is 2.41. The molecule has 1 saturated heterocycles. The molecule has 0 spiro atoms. The average molecular weight is 264 g/mol. The number of carbonyl (C=O) groups excluding carboxylic acids is 1. The number of aromatic nitrogens is 2. The molecule has 1 aliphatic heterocycles. The van der Waals surface area contributed by atoms with Crippen molar-refractivity contribution in [1.82, 2.24) is 15.1 Å². The second-order valence-corrected chi connectivity index (χ2v) is 5.60.